The second-order valence-electron chi connectivity index (χ2n) is 3.60. The SMILES string of the molecule is CN1[C@H](CS)C[C@@H]2COC[C@@H]21. The number of nitrogens with zero attached hydrogens (tertiary/aromatic N) is 1. The smallest absolute Gasteiger partial charge is 0.0625 e. The van der Waals surface area contributed by atoms with E-state index in [0.29, 0.717) is 12.1 Å². The molecule has 0 unspecified atom stereocenters. The number of hydrogen-bond donors (Lipinski definition) is 1. The van der Waals surface area contributed by atoms with E-state index in [1.54, 1.807) is 0 Å². The Kier molecular flexibility index (Phi) is 2.12. The van der Waals surface area contributed by atoms with Crippen molar-refractivity contribution in [2.75, 3.05) is 26.0 Å². The van der Waals surface area contributed by atoms with Crippen LogP contribution in [0.15, 0.2) is 0 Å². The van der Waals surface area contributed by atoms with Crippen LogP contribution in [0, 0.1) is 5.92 Å². The first-order valence-electron chi connectivity index (χ1n) is 4.23. The Balaban J connectivity index is 2.04. The van der Waals surface area contributed by atoms with E-state index < -0.39 is 0 Å². The molecule has 0 saturated carbocycles. The molecule has 0 bridgehead atoms. The predicted molar refractivity (Wildman–Crippen MR) is 48.1 cm³/mol. The first-order chi connectivity index (χ1) is 5.33. The van der Waals surface area contributed by atoms with E-state index in [1.807, 2.05) is 0 Å². The zero-order valence-electron chi connectivity index (χ0n) is 6.86. The van der Waals surface area contributed by atoms with Crippen LogP contribution < -0.4 is 0 Å². The van der Waals surface area contributed by atoms with Crippen LogP contribution in [0.3, 0.4) is 0 Å². The van der Waals surface area contributed by atoms with E-state index >= 15 is 0 Å². The maximum atomic E-state index is 5.41. The van der Waals surface area contributed by atoms with Crippen LogP contribution in [0.4, 0.5) is 0 Å². The maximum absolute atomic E-state index is 5.41. The third kappa shape index (κ3) is 1.19. The van der Waals surface area contributed by atoms with Crippen molar-refractivity contribution in [2.24, 2.45) is 5.92 Å². The predicted octanol–water partition coefficient (Wildman–Crippen LogP) is 0.635. The molecule has 0 amide bonds. The third-order valence-corrected chi connectivity index (χ3v) is 3.47. The Morgan fingerprint density at radius 3 is 3.00 bits per heavy atom. The molecular weight excluding hydrogens is 158 g/mol. The fourth-order valence-corrected chi connectivity index (χ4v) is 2.66. The number of fused-ring (bicyclic) bond motifs is 1. The van der Waals surface area contributed by atoms with Crippen molar-refractivity contribution in [3.8, 4) is 0 Å². The van der Waals surface area contributed by atoms with Gasteiger partial charge in [0.05, 0.1) is 13.2 Å². The molecule has 0 N–H and O–H groups in total. The Hall–Kier alpha value is 0.270. The second-order valence-corrected chi connectivity index (χ2v) is 3.97. The van der Waals surface area contributed by atoms with Gasteiger partial charge in [-0.2, -0.15) is 12.6 Å². The van der Waals surface area contributed by atoms with Crippen molar-refractivity contribution in [3.63, 3.8) is 0 Å². The topological polar surface area (TPSA) is 12.5 Å². The van der Waals surface area contributed by atoms with Gasteiger partial charge in [-0.3, -0.25) is 4.90 Å². The molecule has 0 spiro atoms. The molecule has 2 aliphatic rings. The van der Waals surface area contributed by atoms with Gasteiger partial charge in [0.2, 0.25) is 0 Å². The summed E-state index contributed by atoms with van der Waals surface area (Å²) < 4.78 is 5.41. The van der Waals surface area contributed by atoms with Gasteiger partial charge in [0.15, 0.2) is 0 Å². The van der Waals surface area contributed by atoms with E-state index in [1.165, 1.54) is 6.42 Å². The van der Waals surface area contributed by atoms with Gasteiger partial charge in [-0.05, 0) is 13.5 Å². The Morgan fingerprint density at radius 2 is 2.36 bits per heavy atom. The molecule has 11 heavy (non-hydrogen) atoms. The number of ether oxygens (including phenoxy) is 1. The summed E-state index contributed by atoms with van der Waals surface area (Å²) >= 11 is 4.34. The molecule has 0 radical (unpaired) electrons. The largest absolute Gasteiger partial charge is 0.379 e. The van der Waals surface area contributed by atoms with Crippen molar-refractivity contribution in [1.82, 2.24) is 4.90 Å². The summed E-state index contributed by atoms with van der Waals surface area (Å²) in [6.07, 6.45) is 1.28. The molecule has 2 saturated heterocycles. The molecule has 2 aliphatic heterocycles. The van der Waals surface area contributed by atoms with Gasteiger partial charge in [0.25, 0.3) is 0 Å². The van der Waals surface area contributed by atoms with Crippen LogP contribution in [0.2, 0.25) is 0 Å². The first kappa shape index (κ1) is 7.90. The molecule has 0 aliphatic carbocycles. The zero-order valence-corrected chi connectivity index (χ0v) is 7.76. The van der Waals surface area contributed by atoms with Crippen molar-refractivity contribution < 1.29 is 4.74 Å². The van der Waals surface area contributed by atoms with Crippen LogP contribution in [0.1, 0.15) is 6.42 Å². The van der Waals surface area contributed by atoms with Gasteiger partial charge in [0, 0.05) is 23.8 Å². The Bertz CT molecular complexity index is 153. The molecule has 3 atom stereocenters. The Morgan fingerprint density at radius 1 is 1.55 bits per heavy atom. The lowest BCUT2D eigenvalue weighted by molar-refractivity contribution is 0.142. The fraction of sp³-hybridized carbons (Fsp3) is 1.00. The van der Waals surface area contributed by atoms with Crippen molar-refractivity contribution in [2.45, 2.75) is 18.5 Å². The Labute approximate surface area is 73.3 Å². The molecule has 3 heteroatoms. The van der Waals surface area contributed by atoms with Crippen LogP contribution >= 0.6 is 12.6 Å². The average Bonchev–Trinajstić information content (AvgIpc) is 2.53. The van der Waals surface area contributed by atoms with Crippen LogP contribution in [-0.2, 0) is 4.74 Å². The maximum Gasteiger partial charge on any atom is 0.0625 e. The van der Waals surface area contributed by atoms with Gasteiger partial charge < -0.3 is 4.74 Å². The van der Waals surface area contributed by atoms with E-state index in [4.69, 9.17) is 4.74 Å². The highest BCUT2D eigenvalue weighted by Gasteiger charge is 2.41. The van der Waals surface area contributed by atoms with Crippen molar-refractivity contribution in [1.29, 1.82) is 0 Å². The summed E-state index contributed by atoms with van der Waals surface area (Å²) in [6.45, 7) is 1.91. The van der Waals surface area contributed by atoms with Gasteiger partial charge in [-0.25, -0.2) is 0 Å². The molecule has 64 valence electrons. The second kappa shape index (κ2) is 2.96. The standard InChI is InChI=1S/C8H15NOS/c1-9-7(5-11)2-6-3-10-4-8(6)9/h6-8,11H,2-5H2,1H3/t6-,7+,8+/m1/s1. The summed E-state index contributed by atoms with van der Waals surface area (Å²) in [6, 6.07) is 1.38. The van der Waals surface area contributed by atoms with Gasteiger partial charge in [0.1, 0.15) is 0 Å². The first-order valence-corrected chi connectivity index (χ1v) is 4.86. The minimum absolute atomic E-state index is 0.687. The molecule has 2 heterocycles. The quantitative estimate of drug-likeness (QED) is 0.584. The summed E-state index contributed by atoms with van der Waals surface area (Å²) in [5, 5.41) is 0. The van der Waals surface area contributed by atoms with E-state index in [9.17, 15) is 0 Å². The zero-order chi connectivity index (χ0) is 7.84. The van der Waals surface area contributed by atoms with E-state index in [0.717, 1.165) is 24.9 Å². The molecule has 0 aromatic heterocycles. The lowest BCUT2D eigenvalue weighted by Crippen LogP contribution is -2.35. The molecule has 2 fully saturated rings. The van der Waals surface area contributed by atoms with E-state index in [-0.39, 0.29) is 0 Å². The van der Waals surface area contributed by atoms with Crippen LogP contribution in [-0.4, -0.2) is 43.0 Å². The number of thiol groups is 1. The fourth-order valence-electron chi connectivity index (χ4n) is 2.25. The lowest BCUT2D eigenvalue weighted by atomic mass is 10.0. The molecule has 0 aromatic rings. The molecule has 2 nitrogen and oxygen atoms in total. The minimum Gasteiger partial charge on any atom is -0.379 e. The van der Waals surface area contributed by atoms with Crippen molar-refractivity contribution in [3.05, 3.63) is 0 Å². The summed E-state index contributed by atoms with van der Waals surface area (Å²) in [7, 11) is 2.19. The number of rotatable bonds is 1. The normalized spacial score (nSPS) is 44.7. The average molecular weight is 173 g/mol. The highest BCUT2D eigenvalue weighted by Crippen LogP contribution is 2.33. The monoisotopic (exact) mass is 173 g/mol. The highest BCUT2D eigenvalue weighted by molar-refractivity contribution is 7.80. The molecule has 2 rings (SSSR count). The van der Waals surface area contributed by atoms with Crippen molar-refractivity contribution >= 4 is 12.6 Å². The highest BCUT2D eigenvalue weighted by atomic mass is 32.1. The van der Waals surface area contributed by atoms with Gasteiger partial charge in [-0.1, -0.05) is 0 Å². The summed E-state index contributed by atoms with van der Waals surface area (Å²) in [4.78, 5) is 2.44. The van der Waals surface area contributed by atoms with Crippen LogP contribution in [0.5, 0.6) is 0 Å². The molecule has 0 aromatic carbocycles. The molecular formula is C8H15NOS. The summed E-state index contributed by atoms with van der Waals surface area (Å²) in [5.74, 6) is 1.78. The number of hydrogen-bond acceptors (Lipinski definition) is 3. The van der Waals surface area contributed by atoms with Crippen LogP contribution in [0.25, 0.3) is 0 Å². The summed E-state index contributed by atoms with van der Waals surface area (Å²) in [5.41, 5.74) is 0. The number of likely N-dealkylation sites (N-methyl/N-ethyl adjacent to an activating group) is 1. The van der Waals surface area contributed by atoms with Gasteiger partial charge >= 0.3 is 0 Å². The third-order valence-electron chi connectivity index (χ3n) is 3.05. The van der Waals surface area contributed by atoms with Gasteiger partial charge in [-0.15, -0.1) is 0 Å². The van der Waals surface area contributed by atoms with E-state index in [2.05, 4.69) is 24.6 Å². The minimum atomic E-state index is 0.687. The lowest BCUT2D eigenvalue weighted by Gasteiger charge is -2.22. The number of likely N-dealkylation sites (tertiary alicyclic amines) is 1.